The van der Waals surface area contributed by atoms with Crippen LogP contribution < -0.4 is 15.9 Å². The van der Waals surface area contributed by atoms with Crippen molar-refractivity contribution in [3.63, 3.8) is 0 Å². The monoisotopic (exact) mass is 1530 g/mol. The Labute approximate surface area is 484 Å². The van der Waals surface area contributed by atoms with Crippen molar-refractivity contribution < 1.29 is 228 Å². The van der Waals surface area contributed by atoms with E-state index < -0.39 is 256 Å². The highest BCUT2D eigenvalue weighted by Crippen LogP contribution is 2.68. The van der Waals surface area contributed by atoms with Gasteiger partial charge < -0.3 is 0 Å². The van der Waals surface area contributed by atoms with E-state index >= 15 is 52.7 Å². The lowest BCUT2D eigenvalue weighted by atomic mass is 9.87. The lowest BCUT2D eigenvalue weighted by Gasteiger charge is -2.41. The van der Waals surface area contributed by atoms with Crippen molar-refractivity contribution in [1.29, 1.82) is 0 Å². The molecule has 0 spiro atoms. The molecular formula is C42H11F52P. The standard InChI is InChI=1S/C42H11F52P/c43-19(44,23(51,52)27(59,60)31(67,68)35(75,76)39(83,84)85)12-1-5-16(6-2-12)95(17-7-3-13(4-8-17)20(45,46)24(53,54)28(61,62)32(69,70)36(77,78)40(86,87)88)18-10-14(21(47,48)25(55,56)29(63,64)33(71,72)37(79,80)41(89,90)91)9-15(11-18)22(49,50)26(57,58)30(65,66)34(73,74)38(81,82)42(92,93)94/h1-11H. The van der Waals surface area contributed by atoms with E-state index in [1.165, 1.54) is 0 Å². The van der Waals surface area contributed by atoms with Crippen LogP contribution in [-0.2, 0) is 23.7 Å². The molecule has 0 aliphatic rings. The van der Waals surface area contributed by atoms with Gasteiger partial charge in [0.25, 0.3) is 0 Å². The summed E-state index contributed by atoms with van der Waals surface area (Å²) in [6, 6.07) is -16.4. The van der Waals surface area contributed by atoms with Crippen LogP contribution in [0.25, 0.3) is 0 Å². The molecule has 95 heavy (non-hydrogen) atoms. The fourth-order valence-corrected chi connectivity index (χ4v) is 9.32. The van der Waals surface area contributed by atoms with Crippen LogP contribution in [0.1, 0.15) is 22.3 Å². The summed E-state index contributed by atoms with van der Waals surface area (Å²) in [6.07, 6.45) is -33.3. The zero-order valence-electron chi connectivity index (χ0n) is 42.0. The molecule has 548 valence electrons. The first-order chi connectivity index (χ1) is 40.9. The Morgan fingerprint density at radius 3 is 0.453 bits per heavy atom. The van der Waals surface area contributed by atoms with E-state index in [4.69, 9.17) is 0 Å². The van der Waals surface area contributed by atoms with Crippen LogP contribution in [0.5, 0.6) is 0 Å². The summed E-state index contributed by atoms with van der Waals surface area (Å²) in [7, 11) is -5.32. The molecule has 0 fully saturated rings. The third-order valence-electron chi connectivity index (χ3n) is 12.6. The van der Waals surface area contributed by atoms with Crippen molar-refractivity contribution in [2.24, 2.45) is 0 Å². The van der Waals surface area contributed by atoms with Crippen molar-refractivity contribution in [1.82, 2.24) is 0 Å². The molecule has 0 saturated carbocycles. The Kier molecular flexibility index (Phi) is 19.8. The van der Waals surface area contributed by atoms with E-state index in [1.807, 2.05) is 0 Å². The minimum atomic E-state index is -9.41. The highest BCUT2D eigenvalue weighted by Gasteiger charge is 2.95. The molecule has 0 unspecified atom stereocenters. The molecule has 0 aliphatic heterocycles. The highest BCUT2D eigenvalue weighted by molar-refractivity contribution is 7.79. The quantitative estimate of drug-likeness (QED) is 0.0656. The van der Waals surface area contributed by atoms with Gasteiger partial charge in [0.05, 0.1) is 0 Å². The van der Waals surface area contributed by atoms with Crippen LogP contribution in [0.3, 0.4) is 0 Å². The van der Waals surface area contributed by atoms with E-state index in [0.717, 1.165) is 0 Å². The number of rotatable bonds is 23. The van der Waals surface area contributed by atoms with Crippen molar-refractivity contribution in [3.8, 4) is 0 Å². The van der Waals surface area contributed by atoms with Gasteiger partial charge in [-0.3, -0.25) is 0 Å². The summed E-state index contributed by atoms with van der Waals surface area (Å²) < 4.78 is 736. The molecule has 0 atom stereocenters. The summed E-state index contributed by atoms with van der Waals surface area (Å²) >= 11 is 0. The molecule has 0 radical (unpaired) electrons. The van der Waals surface area contributed by atoms with Crippen molar-refractivity contribution in [2.75, 3.05) is 0 Å². The molecule has 0 heterocycles. The second-order valence-electron chi connectivity index (χ2n) is 18.7. The molecule has 3 aromatic rings. The molecule has 0 aliphatic carbocycles. The molecule has 0 bridgehead atoms. The zero-order chi connectivity index (χ0) is 76.4. The van der Waals surface area contributed by atoms with E-state index in [9.17, 15) is 176 Å². The lowest BCUT2D eigenvalue weighted by Crippen LogP contribution is -2.69. The molecular weight excluding hydrogens is 1520 g/mol. The Morgan fingerprint density at radius 1 is 0.147 bits per heavy atom. The molecule has 3 rings (SSSR count). The third-order valence-corrected chi connectivity index (χ3v) is 15.0. The van der Waals surface area contributed by atoms with Gasteiger partial charge in [-0.15, -0.1) is 0 Å². The SMILES string of the molecule is FC(F)(F)C(F)(F)C(F)(F)C(F)(F)C(F)(F)C(F)(F)c1ccc(P(c2ccc(C(F)(F)C(F)(F)C(F)(F)C(F)(F)C(F)(F)C(F)(F)F)cc2)c2cc(C(F)(F)C(F)(F)C(F)(F)C(F)(F)C(F)(F)C(F)(F)F)cc(C(F)(F)C(F)(F)C(F)(F)C(F)(F)C(F)(F)C(F)(F)F)c2)cc1. The van der Waals surface area contributed by atoms with E-state index in [0.29, 0.717) is 0 Å². The Bertz CT molecular complexity index is 3030. The average Bonchev–Trinajstić information content (AvgIpc) is 0.720. The van der Waals surface area contributed by atoms with Gasteiger partial charge >= 0.3 is 143 Å². The molecule has 3 aromatic carbocycles. The van der Waals surface area contributed by atoms with Crippen LogP contribution in [0.2, 0.25) is 0 Å². The first kappa shape index (κ1) is 83.7. The summed E-state index contributed by atoms with van der Waals surface area (Å²) in [5.74, 6) is -176. The molecule has 0 aromatic heterocycles. The first-order valence-electron chi connectivity index (χ1n) is 21.9. The smallest absolute Gasteiger partial charge is 0.194 e. The maximum Gasteiger partial charge on any atom is 0.460 e. The van der Waals surface area contributed by atoms with E-state index in [2.05, 4.69) is 0 Å². The van der Waals surface area contributed by atoms with Crippen molar-refractivity contribution in [3.05, 3.63) is 89.0 Å². The predicted octanol–water partition coefficient (Wildman–Crippen LogP) is 20.2. The second kappa shape index (κ2) is 22.5. The van der Waals surface area contributed by atoms with Gasteiger partial charge in [-0.1, -0.05) is 48.5 Å². The maximum atomic E-state index is 15.9. The van der Waals surface area contributed by atoms with Crippen LogP contribution in [-0.4, -0.2) is 119 Å². The van der Waals surface area contributed by atoms with Gasteiger partial charge in [-0.25, -0.2) is 0 Å². The van der Waals surface area contributed by atoms with Gasteiger partial charge in [0, 0.05) is 22.3 Å². The van der Waals surface area contributed by atoms with E-state index in [-0.39, 0.29) is 0 Å². The highest BCUT2D eigenvalue weighted by atomic mass is 31.1. The van der Waals surface area contributed by atoms with Crippen LogP contribution in [0.15, 0.2) is 66.7 Å². The van der Waals surface area contributed by atoms with Crippen molar-refractivity contribution in [2.45, 2.75) is 143 Å². The van der Waals surface area contributed by atoms with Gasteiger partial charge in [0.2, 0.25) is 0 Å². The first-order valence-corrected chi connectivity index (χ1v) is 23.2. The topological polar surface area (TPSA) is 0 Å². The number of halogens is 52. The minimum Gasteiger partial charge on any atom is -0.194 e. The zero-order valence-corrected chi connectivity index (χ0v) is 42.8. The average molecular weight is 1530 g/mol. The lowest BCUT2D eigenvalue weighted by molar-refractivity contribution is -0.442. The number of alkyl halides is 52. The van der Waals surface area contributed by atoms with Gasteiger partial charge in [-0.05, 0) is 42.0 Å². The largest absolute Gasteiger partial charge is 0.460 e. The van der Waals surface area contributed by atoms with Gasteiger partial charge in [0.15, 0.2) is 0 Å². The third kappa shape index (κ3) is 11.2. The van der Waals surface area contributed by atoms with Crippen LogP contribution in [0.4, 0.5) is 228 Å². The molecule has 0 amide bonds. The molecule has 0 N–H and O–H groups in total. The normalized spacial score (nSPS) is 16.3. The Balaban J connectivity index is 2.84. The van der Waals surface area contributed by atoms with Gasteiger partial charge in [-0.2, -0.15) is 228 Å². The minimum absolute atomic E-state index is 1.10. The van der Waals surface area contributed by atoms with Crippen LogP contribution in [0, 0.1) is 0 Å². The fraction of sp³-hybridized carbons (Fsp3) is 0.571. The number of hydrogen-bond acceptors (Lipinski definition) is 0. The Morgan fingerprint density at radius 2 is 0.295 bits per heavy atom. The fourth-order valence-electron chi connectivity index (χ4n) is 6.99. The second-order valence-corrected chi connectivity index (χ2v) is 20.9. The maximum absolute atomic E-state index is 15.9. The molecule has 53 heteroatoms. The predicted molar refractivity (Wildman–Crippen MR) is 204 cm³/mol. The van der Waals surface area contributed by atoms with E-state index in [1.54, 1.807) is 0 Å². The molecule has 0 saturated heterocycles. The number of hydrogen-bond donors (Lipinski definition) is 0. The number of benzene rings is 3. The summed E-state index contributed by atoms with van der Waals surface area (Å²) in [4.78, 5) is 0. The Hall–Kier alpha value is -5.55. The summed E-state index contributed by atoms with van der Waals surface area (Å²) in [5, 5.41) is -7.93. The molecule has 0 nitrogen and oxygen atoms in total. The van der Waals surface area contributed by atoms with Gasteiger partial charge in [0.1, 0.15) is 0 Å². The van der Waals surface area contributed by atoms with Crippen molar-refractivity contribution >= 4 is 23.8 Å². The summed E-state index contributed by atoms with van der Waals surface area (Å²) in [5.41, 5.74) is -16.1. The van der Waals surface area contributed by atoms with Crippen LogP contribution >= 0.6 is 7.92 Å². The summed E-state index contributed by atoms with van der Waals surface area (Å²) in [6.45, 7) is 0.